The SMILES string of the molecule is CNS(=O)(=O)c1ccc(-c2cccc(NC(=O)C3(c4ccccc4OC)CC3)n2)cc1.[HH].[HH]. The van der Waals surface area contributed by atoms with Gasteiger partial charge < -0.3 is 10.1 Å². The van der Waals surface area contributed by atoms with Gasteiger partial charge in [-0.3, -0.25) is 4.79 Å². The molecule has 1 fully saturated rings. The normalized spacial score (nSPS) is 14.6. The second kappa shape index (κ2) is 8.13. The minimum atomic E-state index is -3.50. The standard InChI is InChI=1S/C23H23N3O4S.2H2/c1-24-31(28,29)17-12-10-16(11-13-17)19-7-5-9-21(25-19)26-22(27)23(14-15-23)18-6-3-4-8-20(18)30-2;;/h3-13,24H,14-15H2,1-2H3,(H,25,26,27);2*1H. The third-order valence-corrected chi connectivity index (χ3v) is 6.96. The molecule has 1 aliphatic carbocycles. The number of ether oxygens (including phenoxy) is 1. The molecule has 0 bridgehead atoms. The molecule has 1 aromatic heterocycles. The first-order valence-corrected chi connectivity index (χ1v) is 11.3. The Balaban J connectivity index is 0.00000193. The van der Waals surface area contributed by atoms with E-state index in [0.717, 1.165) is 24.0 Å². The summed E-state index contributed by atoms with van der Waals surface area (Å²) in [6, 6.07) is 19.4. The molecule has 1 aliphatic rings. The number of amides is 1. The molecule has 0 aliphatic heterocycles. The molecule has 164 valence electrons. The summed E-state index contributed by atoms with van der Waals surface area (Å²) in [6.07, 6.45) is 1.50. The summed E-state index contributed by atoms with van der Waals surface area (Å²) >= 11 is 0. The summed E-state index contributed by atoms with van der Waals surface area (Å²) in [5.74, 6) is 1.03. The van der Waals surface area contributed by atoms with Crippen molar-refractivity contribution in [3.05, 3.63) is 72.3 Å². The summed E-state index contributed by atoms with van der Waals surface area (Å²) in [5, 5.41) is 2.94. The lowest BCUT2D eigenvalue weighted by Gasteiger charge is -2.18. The van der Waals surface area contributed by atoms with Crippen LogP contribution in [0, 0.1) is 0 Å². The highest BCUT2D eigenvalue weighted by molar-refractivity contribution is 7.89. The van der Waals surface area contributed by atoms with Crippen LogP contribution in [-0.4, -0.2) is 33.5 Å². The minimum absolute atomic E-state index is 0. The fourth-order valence-electron chi connectivity index (χ4n) is 3.61. The summed E-state index contributed by atoms with van der Waals surface area (Å²) in [5.41, 5.74) is 1.66. The monoisotopic (exact) mass is 441 g/mol. The molecule has 31 heavy (non-hydrogen) atoms. The highest BCUT2D eigenvalue weighted by atomic mass is 32.2. The van der Waals surface area contributed by atoms with Crippen LogP contribution >= 0.6 is 0 Å². The Morgan fingerprint density at radius 3 is 2.39 bits per heavy atom. The van der Waals surface area contributed by atoms with Gasteiger partial charge in [0.2, 0.25) is 15.9 Å². The number of nitrogens with zero attached hydrogens (tertiary/aromatic N) is 1. The van der Waals surface area contributed by atoms with E-state index in [4.69, 9.17) is 4.74 Å². The van der Waals surface area contributed by atoms with Crippen molar-refractivity contribution in [2.24, 2.45) is 0 Å². The predicted octanol–water partition coefficient (Wildman–Crippen LogP) is 3.83. The minimum Gasteiger partial charge on any atom is -0.496 e. The molecule has 3 aromatic rings. The van der Waals surface area contributed by atoms with Crippen molar-refractivity contribution in [2.45, 2.75) is 23.2 Å². The third-order valence-electron chi connectivity index (χ3n) is 5.53. The van der Waals surface area contributed by atoms with E-state index < -0.39 is 15.4 Å². The van der Waals surface area contributed by atoms with Gasteiger partial charge in [-0.05, 0) is 50.2 Å². The van der Waals surface area contributed by atoms with Crippen molar-refractivity contribution in [1.82, 2.24) is 9.71 Å². The van der Waals surface area contributed by atoms with E-state index in [-0.39, 0.29) is 13.7 Å². The van der Waals surface area contributed by atoms with Gasteiger partial charge >= 0.3 is 0 Å². The zero-order chi connectivity index (χ0) is 22.1. The average Bonchev–Trinajstić information content (AvgIpc) is 3.61. The van der Waals surface area contributed by atoms with Crippen LogP contribution < -0.4 is 14.8 Å². The number of carbonyl (C=O) groups excluding carboxylic acids is 1. The first kappa shape index (κ1) is 21.0. The van der Waals surface area contributed by atoms with Gasteiger partial charge in [-0.1, -0.05) is 36.4 Å². The highest BCUT2D eigenvalue weighted by Gasteiger charge is 2.52. The molecule has 1 amide bonds. The lowest BCUT2D eigenvalue weighted by atomic mass is 9.94. The van der Waals surface area contributed by atoms with E-state index in [1.165, 1.54) is 19.2 Å². The number of methoxy groups -OCH3 is 1. The van der Waals surface area contributed by atoms with Gasteiger partial charge in [-0.15, -0.1) is 0 Å². The number of para-hydroxylation sites is 1. The maximum absolute atomic E-state index is 13.1. The van der Waals surface area contributed by atoms with Gasteiger partial charge in [0.15, 0.2) is 0 Å². The fourth-order valence-corrected chi connectivity index (χ4v) is 4.34. The molecule has 1 saturated carbocycles. The highest BCUT2D eigenvalue weighted by Crippen LogP contribution is 2.51. The number of aromatic nitrogens is 1. The Kier molecular flexibility index (Phi) is 5.51. The van der Waals surface area contributed by atoms with E-state index in [2.05, 4.69) is 15.0 Å². The molecular weight excluding hydrogens is 414 g/mol. The summed E-state index contributed by atoms with van der Waals surface area (Å²) in [4.78, 5) is 17.8. The quantitative estimate of drug-likeness (QED) is 0.581. The van der Waals surface area contributed by atoms with Gasteiger partial charge in [0.25, 0.3) is 0 Å². The molecule has 0 unspecified atom stereocenters. The molecule has 0 spiro atoms. The van der Waals surface area contributed by atoms with E-state index in [0.29, 0.717) is 17.3 Å². The van der Waals surface area contributed by atoms with Crippen molar-refractivity contribution in [3.8, 4) is 17.0 Å². The number of hydrogen-bond donors (Lipinski definition) is 2. The van der Waals surface area contributed by atoms with Gasteiger partial charge in [-0.2, -0.15) is 0 Å². The van der Waals surface area contributed by atoms with Crippen LogP contribution in [0.2, 0.25) is 0 Å². The fraction of sp³-hybridized carbons (Fsp3) is 0.217. The Hall–Kier alpha value is -3.23. The van der Waals surface area contributed by atoms with Gasteiger partial charge in [0, 0.05) is 14.0 Å². The van der Waals surface area contributed by atoms with Gasteiger partial charge in [-0.25, -0.2) is 18.1 Å². The Labute approximate surface area is 184 Å². The van der Waals surface area contributed by atoms with Crippen molar-refractivity contribution in [2.75, 3.05) is 19.5 Å². The number of sulfonamides is 1. The summed E-state index contributed by atoms with van der Waals surface area (Å²) < 4.78 is 31.5. The number of pyridine rings is 1. The van der Waals surface area contributed by atoms with Crippen molar-refractivity contribution >= 4 is 21.7 Å². The van der Waals surface area contributed by atoms with Crippen LogP contribution in [0.5, 0.6) is 5.75 Å². The average molecular weight is 442 g/mol. The lowest BCUT2D eigenvalue weighted by Crippen LogP contribution is -2.28. The first-order chi connectivity index (χ1) is 14.9. The molecule has 2 aromatic carbocycles. The third kappa shape index (κ3) is 4.04. The smallest absolute Gasteiger partial charge is 0.240 e. The Morgan fingerprint density at radius 2 is 1.74 bits per heavy atom. The first-order valence-electron chi connectivity index (χ1n) is 9.86. The second-order valence-corrected chi connectivity index (χ2v) is 9.26. The maximum Gasteiger partial charge on any atom is 0.240 e. The molecule has 0 radical (unpaired) electrons. The zero-order valence-electron chi connectivity index (χ0n) is 17.3. The van der Waals surface area contributed by atoms with Crippen LogP contribution in [0.1, 0.15) is 21.3 Å². The largest absolute Gasteiger partial charge is 0.496 e. The molecule has 0 saturated heterocycles. The van der Waals surface area contributed by atoms with E-state index >= 15 is 0 Å². The van der Waals surface area contributed by atoms with E-state index in [1.807, 2.05) is 30.3 Å². The van der Waals surface area contributed by atoms with Crippen molar-refractivity contribution < 1.29 is 20.8 Å². The van der Waals surface area contributed by atoms with Gasteiger partial charge in [0.1, 0.15) is 11.6 Å². The maximum atomic E-state index is 13.1. The topological polar surface area (TPSA) is 97.4 Å². The molecule has 0 atom stereocenters. The Bertz CT molecular complexity index is 1230. The van der Waals surface area contributed by atoms with Crippen LogP contribution in [0.25, 0.3) is 11.3 Å². The zero-order valence-corrected chi connectivity index (χ0v) is 18.1. The summed E-state index contributed by atoms with van der Waals surface area (Å²) in [7, 11) is -0.529. The molecule has 2 N–H and O–H groups in total. The van der Waals surface area contributed by atoms with Crippen molar-refractivity contribution in [3.63, 3.8) is 0 Å². The van der Waals surface area contributed by atoms with E-state index in [9.17, 15) is 13.2 Å². The predicted molar refractivity (Wildman–Crippen MR) is 123 cm³/mol. The van der Waals surface area contributed by atoms with Crippen LogP contribution in [0.15, 0.2) is 71.6 Å². The number of hydrogen-bond acceptors (Lipinski definition) is 5. The second-order valence-electron chi connectivity index (χ2n) is 7.38. The number of rotatable bonds is 7. The van der Waals surface area contributed by atoms with E-state index in [1.54, 1.807) is 31.4 Å². The number of nitrogens with one attached hydrogen (secondary N) is 2. The van der Waals surface area contributed by atoms with Crippen LogP contribution in [0.3, 0.4) is 0 Å². The number of anilines is 1. The Morgan fingerprint density at radius 1 is 1.03 bits per heavy atom. The molecule has 7 nitrogen and oxygen atoms in total. The number of benzene rings is 2. The molecular formula is C23H27N3O4S. The van der Waals surface area contributed by atoms with Crippen LogP contribution in [0.4, 0.5) is 5.82 Å². The summed E-state index contributed by atoms with van der Waals surface area (Å²) in [6.45, 7) is 0. The molecule has 1 heterocycles. The van der Waals surface area contributed by atoms with Gasteiger partial charge in [0.05, 0.1) is 23.1 Å². The van der Waals surface area contributed by atoms with Crippen LogP contribution in [-0.2, 0) is 20.2 Å². The number of carbonyl (C=O) groups is 1. The molecule has 4 rings (SSSR count). The van der Waals surface area contributed by atoms with Crippen molar-refractivity contribution in [1.29, 1.82) is 0 Å². The lowest BCUT2D eigenvalue weighted by molar-refractivity contribution is -0.118. The molecule has 8 heteroatoms.